The summed E-state index contributed by atoms with van der Waals surface area (Å²) >= 11 is 0. The lowest BCUT2D eigenvalue weighted by Crippen LogP contribution is -2.36. The Morgan fingerprint density at radius 3 is 2.53 bits per heavy atom. The van der Waals surface area contributed by atoms with E-state index in [0.29, 0.717) is 6.61 Å². The number of hydrogen-bond acceptors (Lipinski definition) is 2. The Kier molecular flexibility index (Phi) is 6.26. The first-order valence-corrected chi connectivity index (χ1v) is 6.58. The Bertz CT molecular complexity index is 161. The van der Waals surface area contributed by atoms with Crippen molar-refractivity contribution in [3.8, 4) is 0 Å². The summed E-state index contributed by atoms with van der Waals surface area (Å²) in [6.45, 7) is 6.23. The highest BCUT2D eigenvalue weighted by atomic mass is 16.2. The predicted octanol–water partition coefficient (Wildman–Crippen LogP) is 2.56. The Balaban J connectivity index is 2.02. The van der Waals surface area contributed by atoms with Gasteiger partial charge in [0.2, 0.25) is 0 Å². The summed E-state index contributed by atoms with van der Waals surface area (Å²) in [5.41, 5.74) is 0. The zero-order valence-electron chi connectivity index (χ0n) is 10.3. The van der Waals surface area contributed by atoms with E-state index in [-0.39, 0.29) is 0 Å². The molecule has 0 radical (unpaired) electrons. The minimum atomic E-state index is 0.345. The van der Waals surface area contributed by atoms with E-state index in [1.165, 1.54) is 25.7 Å². The van der Waals surface area contributed by atoms with Crippen molar-refractivity contribution in [2.24, 2.45) is 11.8 Å². The largest absolute Gasteiger partial charge is 0.396 e. The van der Waals surface area contributed by atoms with E-state index in [0.717, 1.165) is 37.3 Å². The van der Waals surface area contributed by atoms with Crippen LogP contribution in [0.1, 0.15) is 52.4 Å². The first-order valence-electron chi connectivity index (χ1n) is 6.58. The van der Waals surface area contributed by atoms with E-state index in [1.807, 2.05) is 0 Å². The van der Waals surface area contributed by atoms with Gasteiger partial charge < -0.3 is 10.4 Å². The molecule has 0 spiro atoms. The minimum absolute atomic E-state index is 0.345. The fraction of sp³-hybridized carbons (Fsp3) is 1.00. The van der Waals surface area contributed by atoms with Crippen molar-refractivity contribution in [2.75, 3.05) is 13.2 Å². The molecule has 3 unspecified atom stereocenters. The topological polar surface area (TPSA) is 32.3 Å². The molecule has 15 heavy (non-hydrogen) atoms. The zero-order chi connectivity index (χ0) is 11.1. The van der Waals surface area contributed by atoms with Crippen LogP contribution in [-0.4, -0.2) is 24.3 Å². The third-order valence-corrected chi connectivity index (χ3v) is 3.87. The normalized spacial score (nSPS) is 31.8. The van der Waals surface area contributed by atoms with Gasteiger partial charge in [0.05, 0.1) is 0 Å². The summed E-state index contributed by atoms with van der Waals surface area (Å²) in [7, 11) is 0. The van der Waals surface area contributed by atoms with Gasteiger partial charge in [0.1, 0.15) is 0 Å². The maximum atomic E-state index is 8.66. The molecule has 0 aromatic heterocycles. The summed E-state index contributed by atoms with van der Waals surface area (Å²) in [5, 5.41) is 12.3. The number of rotatable bonds is 6. The molecular formula is C13H27NO. The molecule has 1 aliphatic rings. The van der Waals surface area contributed by atoms with E-state index in [9.17, 15) is 0 Å². The van der Waals surface area contributed by atoms with Gasteiger partial charge >= 0.3 is 0 Å². The van der Waals surface area contributed by atoms with Crippen molar-refractivity contribution < 1.29 is 5.11 Å². The highest BCUT2D eigenvalue weighted by Gasteiger charge is 2.23. The standard InChI is InChI=1S/C13H27NO/c1-11-6-7-13(10-12(11)2)14-8-4-3-5-9-15/h11-15H,3-10H2,1-2H3. The second-order valence-corrected chi connectivity index (χ2v) is 5.20. The average molecular weight is 213 g/mol. The molecule has 2 nitrogen and oxygen atoms in total. The predicted molar refractivity (Wildman–Crippen MR) is 64.9 cm³/mol. The molecule has 1 saturated carbocycles. The Hall–Kier alpha value is -0.0800. The smallest absolute Gasteiger partial charge is 0.0431 e. The van der Waals surface area contributed by atoms with Crippen LogP contribution in [-0.2, 0) is 0 Å². The van der Waals surface area contributed by atoms with Crippen LogP contribution in [0.3, 0.4) is 0 Å². The Morgan fingerprint density at radius 2 is 1.87 bits per heavy atom. The first-order chi connectivity index (χ1) is 7.24. The van der Waals surface area contributed by atoms with Gasteiger partial charge in [0, 0.05) is 12.6 Å². The lowest BCUT2D eigenvalue weighted by Gasteiger charge is -2.32. The highest BCUT2D eigenvalue weighted by Crippen LogP contribution is 2.29. The van der Waals surface area contributed by atoms with Crippen LogP contribution < -0.4 is 5.32 Å². The maximum absolute atomic E-state index is 8.66. The van der Waals surface area contributed by atoms with Crippen molar-refractivity contribution in [2.45, 2.75) is 58.4 Å². The second kappa shape index (κ2) is 7.24. The van der Waals surface area contributed by atoms with Crippen LogP contribution in [0, 0.1) is 11.8 Å². The van der Waals surface area contributed by atoms with Gasteiger partial charge in [-0.2, -0.15) is 0 Å². The summed E-state index contributed by atoms with van der Waals surface area (Å²) in [6, 6.07) is 0.755. The summed E-state index contributed by atoms with van der Waals surface area (Å²) < 4.78 is 0. The van der Waals surface area contributed by atoms with Gasteiger partial charge in [-0.25, -0.2) is 0 Å². The van der Waals surface area contributed by atoms with Gasteiger partial charge in [0.25, 0.3) is 0 Å². The molecule has 2 heteroatoms. The van der Waals surface area contributed by atoms with Crippen LogP contribution in [0.15, 0.2) is 0 Å². The molecule has 1 aliphatic carbocycles. The molecule has 90 valence electrons. The van der Waals surface area contributed by atoms with Crippen molar-refractivity contribution in [3.63, 3.8) is 0 Å². The third-order valence-electron chi connectivity index (χ3n) is 3.87. The average Bonchev–Trinajstić information content (AvgIpc) is 2.23. The molecule has 1 fully saturated rings. The quantitative estimate of drug-likeness (QED) is 0.665. The molecule has 0 saturated heterocycles. The molecular weight excluding hydrogens is 186 g/mol. The van der Waals surface area contributed by atoms with E-state index in [1.54, 1.807) is 0 Å². The molecule has 0 aromatic rings. The Morgan fingerprint density at radius 1 is 1.07 bits per heavy atom. The molecule has 2 N–H and O–H groups in total. The van der Waals surface area contributed by atoms with Gasteiger partial charge in [0.15, 0.2) is 0 Å². The molecule has 0 amide bonds. The van der Waals surface area contributed by atoms with Crippen LogP contribution in [0.25, 0.3) is 0 Å². The summed E-state index contributed by atoms with van der Waals surface area (Å²) in [6.07, 6.45) is 7.41. The molecule has 0 aromatic carbocycles. The summed E-state index contributed by atoms with van der Waals surface area (Å²) in [4.78, 5) is 0. The number of aliphatic hydroxyl groups is 1. The van der Waals surface area contributed by atoms with Crippen molar-refractivity contribution in [3.05, 3.63) is 0 Å². The zero-order valence-corrected chi connectivity index (χ0v) is 10.3. The number of nitrogens with one attached hydrogen (secondary N) is 1. The molecule has 3 atom stereocenters. The Labute approximate surface area is 94.5 Å². The number of unbranched alkanes of at least 4 members (excludes halogenated alkanes) is 2. The first kappa shape index (κ1) is 13.0. The molecule has 0 heterocycles. The fourth-order valence-corrected chi connectivity index (χ4v) is 2.45. The van der Waals surface area contributed by atoms with Gasteiger partial charge in [-0.15, -0.1) is 0 Å². The van der Waals surface area contributed by atoms with Crippen LogP contribution in [0.5, 0.6) is 0 Å². The van der Waals surface area contributed by atoms with Gasteiger partial charge in [-0.05, 0) is 56.9 Å². The highest BCUT2D eigenvalue weighted by molar-refractivity contribution is 4.79. The monoisotopic (exact) mass is 213 g/mol. The van der Waals surface area contributed by atoms with Gasteiger partial charge in [-0.1, -0.05) is 13.8 Å². The second-order valence-electron chi connectivity index (χ2n) is 5.20. The lowest BCUT2D eigenvalue weighted by molar-refractivity contribution is 0.225. The summed E-state index contributed by atoms with van der Waals surface area (Å²) in [5.74, 6) is 1.80. The van der Waals surface area contributed by atoms with Crippen molar-refractivity contribution >= 4 is 0 Å². The van der Waals surface area contributed by atoms with E-state index in [4.69, 9.17) is 5.11 Å². The van der Waals surface area contributed by atoms with Crippen molar-refractivity contribution in [1.29, 1.82) is 0 Å². The number of aliphatic hydroxyl groups excluding tert-OH is 1. The lowest BCUT2D eigenvalue weighted by atomic mass is 9.79. The van der Waals surface area contributed by atoms with Gasteiger partial charge in [-0.3, -0.25) is 0 Å². The third kappa shape index (κ3) is 4.98. The van der Waals surface area contributed by atoms with Crippen molar-refractivity contribution in [1.82, 2.24) is 5.32 Å². The minimum Gasteiger partial charge on any atom is -0.396 e. The molecule has 1 rings (SSSR count). The number of hydrogen-bond donors (Lipinski definition) is 2. The molecule has 0 bridgehead atoms. The fourth-order valence-electron chi connectivity index (χ4n) is 2.45. The van der Waals surface area contributed by atoms with E-state index >= 15 is 0 Å². The van der Waals surface area contributed by atoms with Crippen LogP contribution in [0.4, 0.5) is 0 Å². The SMILES string of the molecule is CC1CCC(NCCCCCO)CC1C. The van der Waals surface area contributed by atoms with Crippen LogP contribution in [0.2, 0.25) is 0 Å². The van der Waals surface area contributed by atoms with Crippen LogP contribution >= 0.6 is 0 Å². The van der Waals surface area contributed by atoms with E-state index in [2.05, 4.69) is 19.2 Å². The van der Waals surface area contributed by atoms with E-state index < -0.39 is 0 Å². The molecule has 0 aliphatic heterocycles. The maximum Gasteiger partial charge on any atom is 0.0431 e.